The Labute approximate surface area is 253 Å². The summed E-state index contributed by atoms with van der Waals surface area (Å²) in [4.78, 5) is 42.5. The van der Waals surface area contributed by atoms with Crippen molar-refractivity contribution in [3.05, 3.63) is 100 Å². The molecule has 0 aliphatic heterocycles. The third kappa shape index (κ3) is 6.98. The molecular formula is C31H30Cl2N6O3. The van der Waals surface area contributed by atoms with E-state index in [4.69, 9.17) is 28.9 Å². The molecule has 4 N–H and O–H groups in total. The Balaban J connectivity index is 1.23. The summed E-state index contributed by atoms with van der Waals surface area (Å²) in [5.74, 6) is -1.34. The van der Waals surface area contributed by atoms with E-state index in [0.717, 1.165) is 11.1 Å². The van der Waals surface area contributed by atoms with Gasteiger partial charge in [0.1, 0.15) is 6.04 Å². The second-order valence-corrected chi connectivity index (χ2v) is 11.2. The lowest BCUT2D eigenvalue weighted by atomic mass is 9.85. The second kappa shape index (κ2) is 13.2. The monoisotopic (exact) mass is 604 g/mol. The maximum atomic E-state index is 13.3. The average Bonchev–Trinajstić information content (AvgIpc) is 3.45. The zero-order chi connectivity index (χ0) is 29.6. The van der Waals surface area contributed by atoms with E-state index in [1.54, 1.807) is 41.3 Å². The van der Waals surface area contributed by atoms with Gasteiger partial charge >= 0.3 is 0 Å². The molecule has 0 saturated heterocycles. The highest BCUT2D eigenvalue weighted by molar-refractivity contribution is 6.42. The normalized spacial score (nSPS) is 17.3. The number of nitrogens with zero attached hydrogens (tertiary/aromatic N) is 3. The Bertz CT molecular complexity index is 1570. The van der Waals surface area contributed by atoms with Crippen molar-refractivity contribution in [3.63, 3.8) is 0 Å². The first-order chi connectivity index (χ1) is 20.3. The Morgan fingerprint density at radius 3 is 2.38 bits per heavy atom. The topological polar surface area (TPSA) is 132 Å². The van der Waals surface area contributed by atoms with E-state index in [1.165, 1.54) is 0 Å². The van der Waals surface area contributed by atoms with Gasteiger partial charge in [0.05, 0.1) is 21.4 Å². The maximum absolute atomic E-state index is 13.3. The Morgan fingerprint density at radius 2 is 1.71 bits per heavy atom. The van der Waals surface area contributed by atoms with E-state index in [0.29, 0.717) is 53.5 Å². The molecular weight excluding hydrogens is 575 g/mol. The number of hydrogen-bond donors (Lipinski definition) is 3. The lowest BCUT2D eigenvalue weighted by molar-refractivity contribution is -0.130. The van der Waals surface area contributed by atoms with Crippen molar-refractivity contribution in [3.8, 4) is 16.9 Å². The number of nitrogens with one attached hydrogen (secondary N) is 2. The predicted octanol–water partition coefficient (Wildman–Crippen LogP) is 4.74. The van der Waals surface area contributed by atoms with Crippen LogP contribution in [-0.4, -0.2) is 44.6 Å². The SMILES string of the molecule is NC(=O)[C@H](Cc1ccccc1)NC(=O)C1CCC(NC(=O)c2cc(-c3cccnc3)n(-c3ccc(Cl)c(Cl)c3)n2)CC1. The van der Waals surface area contributed by atoms with Crippen LogP contribution in [0.15, 0.2) is 79.1 Å². The summed E-state index contributed by atoms with van der Waals surface area (Å²) in [5, 5.41) is 11.3. The van der Waals surface area contributed by atoms with Crippen LogP contribution in [-0.2, 0) is 16.0 Å². The molecule has 3 amide bonds. The smallest absolute Gasteiger partial charge is 0.272 e. The summed E-state index contributed by atoms with van der Waals surface area (Å²) in [6.07, 6.45) is 6.09. The van der Waals surface area contributed by atoms with Crippen molar-refractivity contribution in [1.82, 2.24) is 25.4 Å². The highest BCUT2D eigenvalue weighted by Gasteiger charge is 2.30. The molecule has 1 atom stereocenters. The number of primary amides is 1. The Hall–Kier alpha value is -4.21. The van der Waals surface area contributed by atoms with Crippen LogP contribution >= 0.6 is 23.2 Å². The minimum absolute atomic E-state index is 0.116. The van der Waals surface area contributed by atoms with Crippen LogP contribution in [0.4, 0.5) is 0 Å². The number of carbonyl (C=O) groups excluding carboxylic acids is 3. The zero-order valence-electron chi connectivity index (χ0n) is 22.7. The largest absolute Gasteiger partial charge is 0.368 e. The number of pyridine rings is 1. The molecule has 2 aromatic heterocycles. The lowest BCUT2D eigenvalue weighted by Crippen LogP contribution is -2.49. The summed E-state index contributed by atoms with van der Waals surface area (Å²) in [7, 11) is 0. The highest BCUT2D eigenvalue weighted by Crippen LogP contribution is 2.29. The fraction of sp³-hybridized carbons (Fsp3) is 0.258. The molecule has 0 bridgehead atoms. The van der Waals surface area contributed by atoms with Gasteiger partial charge in [-0.1, -0.05) is 53.5 Å². The zero-order valence-corrected chi connectivity index (χ0v) is 24.2. The van der Waals surface area contributed by atoms with Crippen molar-refractivity contribution in [2.24, 2.45) is 11.7 Å². The average molecular weight is 606 g/mol. The summed E-state index contributed by atoms with van der Waals surface area (Å²) in [6, 6.07) is 19.1. The quantitative estimate of drug-likeness (QED) is 0.254. The summed E-state index contributed by atoms with van der Waals surface area (Å²) < 4.78 is 1.64. The van der Waals surface area contributed by atoms with Crippen LogP contribution in [0.25, 0.3) is 16.9 Å². The van der Waals surface area contributed by atoms with E-state index in [1.807, 2.05) is 42.5 Å². The molecule has 1 aliphatic rings. The molecule has 1 saturated carbocycles. The minimum atomic E-state index is -0.781. The molecule has 0 spiro atoms. The number of hydrogen-bond acceptors (Lipinski definition) is 5. The van der Waals surface area contributed by atoms with Crippen LogP contribution in [0.1, 0.15) is 41.7 Å². The second-order valence-electron chi connectivity index (χ2n) is 10.3. The minimum Gasteiger partial charge on any atom is -0.368 e. The van der Waals surface area contributed by atoms with E-state index in [-0.39, 0.29) is 29.5 Å². The van der Waals surface area contributed by atoms with Gasteiger partial charge in [0.15, 0.2) is 5.69 Å². The third-order valence-corrected chi connectivity index (χ3v) is 8.16. The lowest BCUT2D eigenvalue weighted by Gasteiger charge is -2.29. The number of aromatic nitrogens is 3. The number of nitrogens with two attached hydrogens (primary N) is 1. The molecule has 2 aromatic carbocycles. The molecule has 5 rings (SSSR count). The molecule has 11 heteroatoms. The number of benzene rings is 2. The van der Waals surface area contributed by atoms with E-state index < -0.39 is 11.9 Å². The van der Waals surface area contributed by atoms with Crippen molar-refractivity contribution >= 4 is 40.9 Å². The van der Waals surface area contributed by atoms with Gasteiger partial charge in [-0.3, -0.25) is 19.4 Å². The fourth-order valence-electron chi connectivity index (χ4n) is 5.15. The number of rotatable bonds is 9. The van der Waals surface area contributed by atoms with Crippen molar-refractivity contribution in [2.75, 3.05) is 0 Å². The molecule has 1 fully saturated rings. The number of amides is 3. The molecule has 4 aromatic rings. The van der Waals surface area contributed by atoms with E-state index >= 15 is 0 Å². The maximum Gasteiger partial charge on any atom is 0.272 e. The van der Waals surface area contributed by atoms with Gasteiger partial charge in [0.25, 0.3) is 5.91 Å². The van der Waals surface area contributed by atoms with Gasteiger partial charge in [0, 0.05) is 36.3 Å². The first-order valence-electron chi connectivity index (χ1n) is 13.7. The van der Waals surface area contributed by atoms with Gasteiger partial charge < -0.3 is 16.4 Å². The first kappa shape index (κ1) is 29.3. The molecule has 9 nitrogen and oxygen atoms in total. The van der Waals surface area contributed by atoms with Crippen molar-refractivity contribution in [1.29, 1.82) is 0 Å². The molecule has 0 unspecified atom stereocenters. The molecule has 42 heavy (non-hydrogen) atoms. The summed E-state index contributed by atoms with van der Waals surface area (Å²) >= 11 is 12.4. The van der Waals surface area contributed by atoms with Crippen molar-refractivity contribution in [2.45, 2.75) is 44.2 Å². The van der Waals surface area contributed by atoms with Crippen LogP contribution in [0.5, 0.6) is 0 Å². The van der Waals surface area contributed by atoms with Crippen LogP contribution in [0.3, 0.4) is 0 Å². The number of carbonyl (C=O) groups is 3. The molecule has 2 heterocycles. The van der Waals surface area contributed by atoms with Crippen LogP contribution < -0.4 is 16.4 Å². The van der Waals surface area contributed by atoms with Crippen LogP contribution in [0.2, 0.25) is 10.0 Å². The number of halogens is 2. The fourth-order valence-corrected chi connectivity index (χ4v) is 5.44. The van der Waals surface area contributed by atoms with Gasteiger partial charge in [-0.2, -0.15) is 5.10 Å². The standard InChI is InChI=1S/C31H30Cl2N6O3/c32-24-13-12-23(16-25(24)33)39-28(21-7-4-14-35-18-21)17-27(38-39)31(42)36-22-10-8-20(9-11-22)30(41)37-26(29(34)40)15-19-5-2-1-3-6-19/h1-7,12-14,16-18,20,22,26H,8-11,15H2,(H2,34,40)(H,36,42)(H,37,41)/t20?,22?,26-/m0/s1. The first-order valence-corrected chi connectivity index (χ1v) is 14.4. The van der Waals surface area contributed by atoms with E-state index in [9.17, 15) is 14.4 Å². The predicted molar refractivity (Wildman–Crippen MR) is 161 cm³/mol. The third-order valence-electron chi connectivity index (χ3n) is 7.42. The summed E-state index contributed by atoms with van der Waals surface area (Å²) in [5.41, 5.74) is 8.83. The molecule has 216 valence electrons. The Kier molecular flexibility index (Phi) is 9.19. The molecule has 1 aliphatic carbocycles. The van der Waals surface area contributed by atoms with Crippen LogP contribution in [0, 0.1) is 5.92 Å². The van der Waals surface area contributed by atoms with Gasteiger partial charge in [-0.15, -0.1) is 0 Å². The van der Waals surface area contributed by atoms with E-state index in [2.05, 4.69) is 20.7 Å². The van der Waals surface area contributed by atoms with Gasteiger partial charge in [-0.05, 0) is 67.6 Å². The highest BCUT2D eigenvalue weighted by atomic mass is 35.5. The molecule has 0 radical (unpaired) electrons. The summed E-state index contributed by atoms with van der Waals surface area (Å²) in [6.45, 7) is 0. The van der Waals surface area contributed by atoms with Gasteiger partial charge in [-0.25, -0.2) is 4.68 Å². The van der Waals surface area contributed by atoms with Crippen molar-refractivity contribution < 1.29 is 14.4 Å². The Morgan fingerprint density at radius 1 is 0.952 bits per heavy atom. The van der Waals surface area contributed by atoms with Gasteiger partial charge in [0.2, 0.25) is 11.8 Å².